The first-order valence-electron chi connectivity index (χ1n) is 13.1. The van der Waals surface area contributed by atoms with Gasteiger partial charge < -0.3 is 20.9 Å². The first-order valence-corrected chi connectivity index (χ1v) is 13.1. The molecule has 0 spiro atoms. The highest BCUT2D eigenvalue weighted by atomic mass is 16.2. The quantitative estimate of drug-likeness (QED) is 0.375. The minimum atomic E-state index is -0.792. The van der Waals surface area contributed by atoms with Crippen LogP contribution in [-0.4, -0.2) is 84.4 Å². The number of fused-ring (bicyclic) bond motifs is 1. The smallest absolute Gasteiger partial charge is 0.245 e. The highest BCUT2D eigenvalue weighted by Gasteiger charge is 2.46. The number of piperidine rings is 1. The Morgan fingerprint density at radius 3 is 2.50 bits per heavy atom. The third kappa shape index (κ3) is 5.89. The van der Waals surface area contributed by atoms with Crippen LogP contribution >= 0.6 is 0 Å². The number of benzene rings is 2. The Morgan fingerprint density at radius 2 is 1.79 bits per heavy atom. The number of H-pyrrole nitrogens is 1. The maximum atomic E-state index is 14.0. The van der Waals surface area contributed by atoms with Gasteiger partial charge in [0, 0.05) is 57.8 Å². The number of rotatable bonds is 9. The summed E-state index contributed by atoms with van der Waals surface area (Å²) in [7, 11) is 5.43. The van der Waals surface area contributed by atoms with Gasteiger partial charge in [0.15, 0.2) is 0 Å². The topological polar surface area (TPSA) is 115 Å². The minimum absolute atomic E-state index is 0.0250. The molecule has 9 nitrogen and oxygen atoms in total. The van der Waals surface area contributed by atoms with E-state index in [1.54, 1.807) is 22.0 Å². The van der Waals surface area contributed by atoms with Gasteiger partial charge in [-0.05, 0) is 36.5 Å². The van der Waals surface area contributed by atoms with E-state index in [-0.39, 0.29) is 30.8 Å². The zero-order valence-electron chi connectivity index (χ0n) is 22.4. The maximum absolute atomic E-state index is 14.0. The van der Waals surface area contributed by atoms with Crippen molar-refractivity contribution in [3.8, 4) is 0 Å². The second kappa shape index (κ2) is 11.8. The molecule has 0 bridgehead atoms. The lowest BCUT2D eigenvalue weighted by atomic mass is 9.74. The van der Waals surface area contributed by atoms with Crippen LogP contribution in [0.2, 0.25) is 0 Å². The Bertz CT molecular complexity index is 1270. The standard InChI is InChI=1S/C29H38N6O3/c1-33(2)34(3)28(38)29(17-21-10-5-4-6-11-21)14-9-15-35(20-29)27(37)25(32-26(36)18-30)16-22-19-31-24-13-8-7-12-23(22)24/h4-8,10-13,19,25,31H,9,14-18,20,30H2,1-3H3,(H,32,36)/t25-,29?/m1/s1. The van der Waals surface area contributed by atoms with Gasteiger partial charge in [0.05, 0.1) is 12.0 Å². The number of nitrogens with zero attached hydrogens (tertiary/aromatic N) is 3. The number of aromatic nitrogens is 1. The second-order valence-electron chi connectivity index (χ2n) is 10.4. The van der Waals surface area contributed by atoms with Crippen molar-refractivity contribution in [2.75, 3.05) is 40.8 Å². The van der Waals surface area contributed by atoms with Gasteiger partial charge in [-0.2, -0.15) is 0 Å². The molecule has 202 valence electrons. The van der Waals surface area contributed by atoms with Crippen LogP contribution < -0.4 is 11.1 Å². The number of hydrogen-bond acceptors (Lipinski definition) is 5. The number of hydrogen-bond donors (Lipinski definition) is 3. The molecule has 2 aromatic carbocycles. The van der Waals surface area contributed by atoms with E-state index in [9.17, 15) is 14.4 Å². The summed E-state index contributed by atoms with van der Waals surface area (Å²) >= 11 is 0. The Kier molecular flexibility index (Phi) is 8.48. The van der Waals surface area contributed by atoms with E-state index in [0.29, 0.717) is 32.2 Å². The fourth-order valence-electron chi connectivity index (χ4n) is 5.42. The molecule has 0 aliphatic carbocycles. The monoisotopic (exact) mass is 518 g/mol. The lowest BCUT2D eigenvalue weighted by Gasteiger charge is -2.45. The molecule has 1 aliphatic rings. The average Bonchev–Trinajstić information content (AvgIpc) is 3.34. The van der Waals surface area contributed by atoms with Crippen LogP contribution in [0, 0.1) is 5.41 Å². The molecule has 1 saturated heterocycles. The predicted molar refractivity (Wildman–Crippen MR) is 148 cm³/mol. The predicted octanol–water partition coefficient (Wildman–Crippen LogP) is 1.94. The van der Waals surface area contributed by atoms with E-state index in [4.69, 9.17) is 5.73 Å². The molecule has 38 heavy (non-hydrogen) atoms. The van der Waals surface area contributed by atoms with Crippen LogP contribution in [0.25, 0.3) is 10.9 Å². The van der Waals surface area contributed by atoms with Crippen molar-refractivity contribution < 1.29 is 14.4 Å². The lowest BCUT2D eigenvalue weighted by molar-refractivity contribution is -0.159. The van der Waals surface area contributed by atoms with Crippen molar-refractivity contribution in [1.29, 1.82) is 0 Å². The van der Waals surface area contributed by atoms with Crippen LogP contribution in [0.1, 0.15) is 24.0 Å². The van der Waals surface area contributed by atoms with Crippen LogP contribution in [0.15, 0.2) is 60.8 Å². The SMILES string of the molecule is CN(C)N(C)C(=O)C1(Cc2ccccc2)CCCN(C(=O)[C@@H](Cc2c[nH]c3ccccc23)NC(=O)CN)C1. The van der Waals surface area contributed by atoms with Gasteiger partial charge in [-0.1, -0.05) is 48.5 Å². The third-order valence-electron chi connectivity index (χ3n) is 7.54. The van der Waals surface area contributed by atoms with Gasteiger partial charge in [0.2, 0.25) is 17.7 Å². The number of amides is 3. The van der Waals surface area contributed by atoms with Crippen molar-refractivity contribution >= 4 is 28.6 Å². The normalized spacial score (nSPS) is 18.4. The number of nitrogens with one attached hydrogen (secondary N) is 2. The molecule has 2 atom stereocenters. The molecule has 1 aliphatic heterocycles. The first kappa shape index (κ1) is 27.3. The van der Waals surface area contributed by atoms with Crippen molar-refractivity contribution in [2.45, 2.75) is 31.7 Å². The fraction of sp³-hybridized carbons (Fsp3) is 0.414. The Morgan fingerprint density at radius 1 is 1.08 bits per heavy atom. The summed E-state index contributed by atoms with van der Waals surface area (Å²) in [5.41, 5.74) is 7.77. The molecule has 1 fully saturated rings. The molecule has 1 unspecified atom stereocenters. The second-order valence-corrected chi connectivity index (χ2v) is 10.4. The first-order chi connectivity index (χ1) is 18.2. The van der Waals surface area contributed by atoms with E-state index >= 15 is 0 Å². The molecular formula is C29H38N6O3. The molecule has 4 rings (SSSR count). The van der Waals surface area contributed by atoms with E-state index < -0.39 is 11.5 Å². The van der Waals surface area contributed by atoms with E-state index in [1.165, 1.54) is 0 Å². The zero-order valence-corrected chi connectivity index (χ0v) is 22.4. The molecule has 1 aromatic heterocycles. The van der Waals surface area contributed by atoms with Gasteiger partial charge in [-0.25, -0.2) is 5.01 Å². The molecule has 9 heteroatoms. The maximum Gasteiger partial charge on any atom is 0.245 e. The Balaban J connectivity index is 1.63. The van der Waals surface area contributed by atoms with Crippen molar-refractivity contribution in [3.63, 3.8) is 0 Å². The number of nitrogens with two attached hydrogens (primary N) is 1. The molecule has 4 N–H and O–H groups in total. The molecule has 3 amide bonds. The summed E-state index contributed by atoms with van der Waals surface area (Å²) in [5.74, 6) is -0.614. The summed E-state index contributed by atoms with van der Waals surface area (Å²) in [4.78, 5) is 45.2. The molecule has 2 heterocycles. The lowest BCUT2D eigenvalue weighted by Crippen LogP contribution is -2.59. The highest BCUT2D eigenvalue weighted by Crippen LogP contribution is 2.36. The van der Waals surface area contributed by atoms with Crippen molar-refractivity contribution in [2.24, 2.45) is 11.1 Å². The number of carbonyl (C=O) groups excluding carboxylic acids is 3. The highest BCUT2D eigenvalue weighted by molar-refractivity contribution is 5.91. The fourth-order valence-corrected chi connectivity index (χ4v) is 5.42. The van der Waals surface area contributed by atoms with E-state index in [1.807, 2.05) is 74.9 Å². The average molecular weight is 519 g/mol. The summed E-state index contributed by atoms with van der Waals surface area (Å²) in [6, 6.07) is 17.0. The van der Waals surface area contributed by atoms with Crippen LogP contribution in [-0.2, 0) is 27.2 Å². The zero-order chi connectivity index (χ0) is 27.3. The third-order valence-corrected chi connectivity index (χ3v) is 7.54. The number of aromatic amines is 1. The molecule has 0 saturated carbocycles. The number of para-hydroxylation sites is 1. The van der Waals surface area contributed by atoms with Gasteiger partial charge >= 0.3 is 0 Å². The van der Waals surface area contributed by atoms with Crippen LogP contribution in [0.4, 0.5) is 0 Å². The minimum Gasteiger partial charge on any atom is -0.361 e. The van der Waals surface area contributed by atoms with Crippen molar-refractivity contribution in [3.05, 3.63) is 71.9 Å². The van der Waals surface area contributed by atoms with Gasteiger partial charge in [-0.3, -0.25) is 19.4 Å². The molecular weight excluding hydrogens is 480 g/mol. The number of hydrazine groups is 1. The molecule has 0 radical (unpaired) electrons. The van der Waals surface area contributed by atoms with Gasteiger partial charge in [-0.15, -0.1) is 0 Å². The van der Waals surface area contributed by atoms with Gasteiger partial charge in [0.1, 0.15) is 6.04 Å². The number of carbonyl (C=O) groups is 3. The van der Waals surface area contributed by atoms with E-state index in [0.717, 1.165) is 22.0 Å². The summed E-state index contributed by atoms with van der Waals surface area (Å²) < 4.78 is 0. The number of likely N-dealkylation sites (tertiary alicyclic amines) is 1. The Labute approximate surface area is 223 Å². The largest absolute Gasteiger partial charge is 0.361 e. The summed E-state index contributed by atoms with van der Waals surface area (Å²) in [5, 5.41) is 7.23. The Hall–Kier alpha value is -3.69. The summed E-state index contributed by atoms with van der Waals surface area (Å²) in [6.07, 6.45) is 4.09. The van der Waals surface area contributed by atoms with Crippen LogP contribution in [0.3, 0.4) is 0 Å². The van der Waals surface area contributed by atoms with Crippen LogP contribution in [0.5, 0.6) is 0 Å². The summed E-state index contributed by atoms with van der Waals surface area (Å²) in [6.45, 7) is 0.597. The van der Waals surface area contributed by atoms with E-state index in [2.05, 4.69) is 10.3 Å². The molecule has 3 aromatic rings. The van der Waals surface area contributed by atoms with Gasteiger partial charge in [0.25, 0.3) is 0 Å². The van der Waals surface area contributed by atoms with Crippen molar-refractivity contribution in [1.82, 2.24) is 25.2 Å².